The summed E-state index contributed by atoms with van der Waals surface area (Å²) in [6, 6.07) is 12.1. The molecule has 1 aromatic carbocycles. The first kappa shape index (κ1) is 16.8. The summed E-state index contributed by atoms with van der Waals surface area (Å²) >= 11 is 9.42. The molecule has 2 aromatic heterocycles. The smallest absolute Gasteiger partial charge is 0.265 e. The molecule has 1 aliphatic heterocycles. The molecule has 0 aliphatic carbocycles. The third-order valence-electron chi connectivity index (χ3n) is 4.50. The molecule has 0 bridgehead atoms. The van der Waals surface area contributed by atoms with Crippen LogP contribution in [0, 0.1) is 0 Å². The summed E-state index contributed by atoms with van der Waals surface area (Å²) < 4.78 is 0. The zero-order chi connectivity index (χ0) is 17.2. The number of amides is 1. The normalized spacial score (nSPS) is 17.2. The van der Waals surface area contributed by atoms with Crippen molar-refractivity contribution in [3.05, 3.63) is 63.4 Å². The summed E-state index contributed by atoms with van der Waals surface area (Å²) in [5, 5.41) is 3.72. The van der Waals surface area contributed by atoms with Crippen molar-refractivity contribution in [2.45, 2.75) is 25.3 Å². The molecule has 1 atom stereocenters. The van der Waals surface area contributed by atoms with Crippen molar-refractivity contribution in [1.29, 1.82) is 0 Å². The zero-order valence-electron chi connectivity index (χ0n) is 13.5. The van der Waals surface area contributed by atoms with Crippen molar-refractivity contribution >= 4 is 40.2 Å². The monoisotopic (exact) mass is 388 g/mol. The van der Waals surface area contributed by atoms with Crippen LogP contribution in [0.3, 0.4) is 0 Å². The molecule has 3 aromatic rings. The average molecular weight is 389 g/mol. The van der Waals surface area contributed by atoms with Crippen LogP contribution >= 0.6 is 34.3 Å². The number of thiazole rings is 1. The molecule has 0 spiro atoms. The summed E-state index contributed by atoms with van der Waals surface area (Å²) in [4.78, 5) is 21.2. The number of carbonyl (C=O) groups excluding carboxylic acids is 1. The molecule has 1 aliphatic rings. The van der Waals surface area contributed by atoms with Gasteiger partial charge in [0.25, 0.3) is 5.91 Å². The van der Waals surface area contributed by atoms with E-state index in [1.165, 1.54) is 11.3 Å². The van der Waals surface area contributed by atoms with Crippen LogP contribution in [-0.2, 0) is 6.42 Å². The topological polar surface area (TPSA) is 33.2 Å². The highest BCUT2D eigenvalue weighted by atomic mass is 35.5. The van der Waals surface area contributed by atoms with Gasteiger partial charge in [-0.25, -0.2) is 4.98 Å². The van der Waals surface area contributed by atoms with Gasteiger partial charge in [-0.3, -0.25) is 4.79 Å². The van der Waals surface area contributed by atoms with Crippen LogP contribution in [0.1, 0.15) is 28.1 Å². The molecule has 1 amide bonds. The van der Waals surface area contributed by atoms with Crippen molar-refractivity contribution in [3.63, 3.8) is 0 Å². The summed E-state index contributed by atoms with van der Waals surface area (Å²) in [6.45, 7) is 0.806. The molecule has 25 heavy (non-hydrogen) atoms. The summed E-state index contributed by atoms with van der Waals surface area (Å²) in [5.41, 5.74) is 1.11. The Kier molecular flexibility index (Phi) is 4.88. The fourth-order valence-corrected chi connectivity index (χ4v) is 5.15. The largest absolute Gasteiger partial charge is 0.335 e. The lowest BCUT2D eigenvalue weighted by Crippen LogP contribution is -2.36. The van der Waals surface area contributed by atoms with Gasteiger partial charge in [-0.05, 0) is 42.3 Å². The van der Waals surface area contributed by atoms with Crippen LogP contribution in [-0.4, -0.2) is 28.4 Å². The zero-order valence-corrected chi connectivity index (χ0v) is 15.9. The van der Waals surface area contributed by atoms with E-state index >= 15 is 0 Å². The minimum atomic E-state index is 0.0925. The molecule has 4 rings (SSSR count). The van der Waals surface area contributed by atoms with Gasteiger partial charge in [-0.1, -0.05) is 35.9 Å². The van der Waals surface area contributed by atoms with Gasteiger partial charge in [0.1, 0.15) is 9.88 Å². The standard InChI is InChI=1S/C19H17ClN2OS2/c20-15-7-2-1-5-13(15)11-14-6-3-9-22(14)19(23)17-12-21-18(25-17)16-8-4-10-24-16/h1-2,4-5,7-8,10,12,14H,3,6,9,11H2. The molecule has 3 nitrogen and oxygen atoms in total. The Hall–Kier alpha value is -1.69. The van der Waals surface area contributed by atoms with E-state index in [0.29, 0.717) is 0 Å². The van der Waals surface area contributed by atoms with E-state index in [2.05, 4.69) is 4.98 Å². The molecule has 3 heterocycles. The number of carbonyl (C=O) groups is 1. The van der Waals surface area contributed by atoms with E-state index in [9.17, 15) is 4.79 Å². The van der Waals surface area contributed by atoms with Crippen LogP contribution in [0.4, 0.5) is 0 Å². The number of thiophene rings is 1. The van der Waals surface area contributed by atoms with Gasteiger partial charge in [0.2, 0.25) is 0 Å². The Bertz CT molecular complexity index is 875. The Balaban J connectivity index is 1.52. The Morgan fingerprint density at radius 1 is 1.28 bits per heavy atom. The quantitative estimate of drug-likeness (QED) is 0.601. The molecule has 1 saturated heterocycles. The SMILES string of the molecule is O=C(c1cnc(-c2cccs2)s1)N1CCCC1Cc1ccccc1Cl. The number of nitrogens with zero attached hydrogens (tertiary/aromatic N) is 2. The molecule has 128 valence electrons. The average Bonchev–Trinajstić information content (AvgIpc) is 3.37. The lowest BCUT2D eigenvalue weighted by molar-refractivity contribution is 0.0741. The second-order valence-corrected chi connectivity index (χ2v) is 8.48. The number of hydrogen-bond donors (Lipinski definition) is 0. The van der Waals surface area contributed by atoms with Crippen LogP contribution < -0.4 is 0 Å². The fourth-order valence-electron chi connectivity index (χ4n) is 3.26. The Labute approximate surface area is 159 Å². The molecule has 0 N–H and O–H groups in total. The fraction of sp³-hybridized carbons (Fsp3) is 0.263. The predicted molar refractivity (Wildman–Crippen MR) is 105 cm³/mol. The van der Waals surface area contributed by atoms with Crippen molar-refractivity contribution < 1.29 is 4.79 Å². The van der Waals surface area contributed by atoms with Gasteiger partial charge in [-0.2, -0.15) is 0 Å². The number of hydrogen-bond acceptors (Lipinski definition) is 4. The molecule has 6 heteroatoms. The maximum Gasteiger partial charge on any atom is 0.265 e. The van der Waals surface area contributed by atoms with E-state index in [0.717, 1.165) is 51.2 Å². The molecule has 1 unspecified atom stereocenters. The van der Waals surface area contributed by atoms with E-state index in [1.54, 1.807) is 17.5 Å². The maximum atomic E-state index is 13.0. The van der Waals surface area contributed by atoms with Crippen LogP contribution in [0.25, 0.3) is 9.88 Å². The predicted octanol–water partition coefficient (Wildman–Crippen LogP) is 5.37. The Morgan fingerprint density at radius 2 is 2.16 bits per heavy atom. The van der Waals surface area contributed by atoms with Gasteiger partial charge in [0.15, 0.2) is 0 Å². The van der Waals surface area contributed by atoms with Crippen molar-refractivity contribution in [3.8, 4) is 9.88 Å². The highest BCUT2D eigenvalue weighted by molar-refractivity contribution is 7.21. The second-order valence-electron chi connectivity index (χ2n) is 6.10. The van der Waals surface area contributed by atoms with Gasteiger partial charge >= 0.3 is 0 Å². The van der Waals surface area contributed by atoms with Gasteiger partial charge < -0.3 is 4.90 Å². The van der Waals surface area contributed by atoms with Gasteiger partial charge in [0, 0.05) is 17.6 Å². The van der Waals surface area contributed by atoms with Crippen LogP contribution in [0.2, 0.25) is 5.02 Å². The van der Waals surface area contributed by atoms with E-state index < -0.39 is 0 Å². The minimum Gasteiger partial charge on any atom is -0.335 e. The van der Waals surface area contributed by atoms with Gasteiger partial charge in [-0.15, -0.1) is 22.7 Å². The lowest BCUT2D eigenvalue weighted by Gasteiger charge is -2.24. The van der Waals surface area contributed by atoms with Crippen molar-refractivity contribution in [2.75, 3.05) is 6.54 Å². The minimum absolute atomic E-state index is 0.0925. The van der Waals surface area contributed by atoms with Crippen LogP contribution in [0.5, 0.6) is 0 Å². The van der Waals surface area contributed by atoms with Crippen LogP contribution in [0.15, 0.2) is 48.0 Å². The van der Waals surface area contributed by atoms with Crippen molar-refractivity contribution in [1.82, 2.24) is 9.88 Å². The third kappa shape index (κ3) is 3.50. The number of aromatic nitrogens is 1. The van der Waals surface area contributed by atoms with E-state index in [1.807, 2.05) is 46.7 Å². The summed E-state index contributed by atoms with van der Waals surface area (Å²) in [7, 11) is 0. The third-order valence-corrected chi connectivity index (χ3v) is 6.89. The first-order valence-electron chi connectivity index (χ1n) is 8.26. The summed E-state index contributed by atoms with van der Waals surface area (Å²) in [6.07, 6.45) is 4.58. The summed E-state index contributed by atoms with van der Waals surface area (Å²) in [5.74, 6) is 0.0925. The highest BCUT2D eigenvalue weighted by Crippen LogP contribution is 2.31. The Morgan fingerprint density at radius 3 is 2.96 bits per heavy atom. The highest BCUT2D eigenvalue weighted by Gasteiger charge is 2.31. The number of halogens is 1. The first-order chi connectivity index (χ1) is 12.2. The number of likely N-dealkylation sites (tertiary alicyclic amines) is 1. The number of benzene rings is 1. The van der Waals surface area contributed by atoms with Gasteiger partial charge in [0.05, 0.1) is 11.1 Å². The van der Waals surface area contributed by atoms with E-state index in [4.69, 9.17) is 11.6 Å². The second kappa shape index (κ2) is 7.28. The molecule has 0 saturated carbocycles. The van der Waals surface area contributed by atoms with Crippen molar-refractivity contribution in [2.24, 2.45) is 0 Å². The molecule has 1 fully saturated rings. The molecule has 0 radical (unpaired) electrons. The molecular weight excluding hydrogens is 372 g/mol. The molecular formula is C19H17ClN2OS2. The number of rotatable bonds is 4. The first-order valence-corrected chi connectivity index (χ1v) is 10.3. The lowest BCUT2D eigenvalue weighted by atomic mass is 10.0. The maximum absolute atomic E-state index is 13.0. The van der Waals surface area contributed by atoms with E-state index in [-0.39, 0.29) is 11.9 Å².